The van der Waals surface area contributed by atoms with E-state index in [1.807, 2.05) is 47.8 Å². The molecule has 4 rings (SSSR count). The summed E-state index contributed by atoms with van der Waals surface area (Å²) in [6, 6.07) is 13.9. The summed E-state index contributed by atoms with van der Waals surface area (Å²) in [7, 11) is 0. The number of hydrogen-bond acceptors (Lipinski definition) is 5. The van der Waals surface area contributed by atoms with Crippen molar-refractivity contribution in [1.29, 1.82) is 0 Å². The van der Waals surface area contributed by atoms with Crippen LogP contribution in [0.15, 0.2) is 53.5 Å². The third kappa shape index (κ3) is 3.62. The van der Waals surface area contributed by atoms with Crippen LogP contribution in [0.3, 0.4) is 0 Å². The number of piperazine rings is 1. The first-order chi connectivity index (χ1) is 13.7. The molecule has 0 N–H and O–H groups in total. The molecule has 1 saturated heterocycles. The van der Waals surface area contributed by atoms with Crippen molar-refractivity contribution in [3.63, 3.8) is 0 Å². The highest BCUT2D eigenvalue weighted by Crippen LogP contribution is 2.34. The number of hydrogen-bond donors (Lipinski definition) is 0. The molecule has 28 heavy (non-hydrogen) atoms. The van der Waals surface area contributed by atoms with Crippen molar-refractivity contribution in [1.82, 2.24) is 14.7 Å². The van der Waals surface area contributed by atoms with Crippen molar-refractivity contribution < 1.29 is 9.59 Å². The fraction of sp³-hybridized carbons (Fsp3) is 0.364. The molecule has 1 aromatic carbocycles. The number of benzene rings is 1. The van der Waals surface area contributed by atoms with Gasteiger partial charge < -0.3 is 9.80 Å². The second kappa shape index (κ2) is 8.29. The smallest absolute Gasteiger partial charge is 0.277 e. The average Bonchev–Trinajstić information content (AvgIpc) is 3.34. The molecule has 146 valence electrons. The van der Waals surface area contributed by atoms with Gasteiger partial charge in [-0.1, -0.05) is 43.3 Å². The lowest BCUT2D eigenvalue weighted by Gasteiger charge is -2.35. The van der Waals surface area contributed by atoms with Crippen molar-refractivity contribution in [2.45, 2.75) is 13.3 Å². The maximum Gasteiger partial charge on any atom is 0.277 e. The van der Waals surface area contributed by atoms with E-state index in [0.717, 1.165) is 43.2 Å². The van der Waals surface area contributed by atoms with E-state index in [2.05, 4.69) is 16.7 Å². The largest absolute Gasteiger partial charge is 0.364 e. The van der Waals surface area contributed by atoms with E-state index in [-0.39, 0.29) is 11.8 Å². The zero-order chi connectivity index (χ0) is 19.5. The molecule has 2 aliphatic rings. The minimum atomic E-state index is -0.156. The van der Waals surface area contributed by atoms with Crippen LogP contribution in [0.25, 0.3) is 5.57 Å². The normalized spacial score (nSPS) is 18.5. The number of nitrogens with zero attached hydrogens (tertiary/aromatic N) is 3. The van der Waals surface area contributed by atoms with Gasteiger partial charge in [0.25, 0.3) is 11.8 Å². The van der Waals surface area contributed by atoms with Gasteiger partial charge in [0.1, 0.15) is 5.70 Å². The van der Waals surface area contributed by atoms with Crippen LogP contribution in [0, 0.1) is 0 Å². The van der Waals surface area contributed by atoms with E-state index in [0.29, 0.717) is 24.2 Å². The van der Waals surface area contributed by atoms with Gasteiger partial charge >= 0.3 is 0 Å². The molecular weight excluding hydrogens is 370 g/mol. The van der Waals surface area contributed by atoms with Crippen LogP contribution in [0.5, 0.6) is 0 Å². The van der Waals surface area contributed by atoms with Crippen LogP contribution < -0.4 is 0 Å². The van der Waals surface area contributed by atoms with Gasteiger partial charge in [-0.25, -0.2) is 0 Å². The Morgan fingerprint density at radius 1 is 0.929 bits per heavy atom. The topological polar surface area (TPSA) is 43.9 Å². The van der Waals surface area contributed by atoms with Crippen LogP contribution in [0.2, 0.25) is 0 Å². The van der Waals surface area contributed by atoms with Gasteiger partial charge in [0.05, 0.1) is 5.57 Å². The fourth-order valence-electron chi connectivity index (χ4n) is 3.88. The molecule has 1 aromatic heterocycles. The molecule has 1 fully saturated rings. The van der Waals surface area contributed by atoms with Gasteiger partial charge in [-0.15, -0.1) is 11.3 Å². The maximum atomic E-state index is 13.3. The summed E-state index contributed by atoms with van der Waals surface area (Å²) >= 11 is 1.52. The zero-order valence-corrected chi connectivity index (χ0v) is 17.0. The molecule has 2 amide bonds. The Labute approximate surface area is 169 Å². The van der Waals surface area contributed by atoms with Crippen molar-refractivity contribution >= 4 is 28.7 Å². The Morgan fingerprint density at radius 3 is 2.32 bits per heavy atom. The van der Waals surface area contributed by atoms with Crippen molar-refractivity contribution in [2.75, 3.05) is 39.3 Å². The minimum Gasteiger partial charge on any atom is -0.364 e. The molecule has 0 saturated carbocycles. The molecule has 0 unspecified atom stereocenters. The van der Waals surface area contributed by atoms with E-state index in [9.17, 15) is 9.59 Å². The fourth-order valence-corrected chi connectivity index (χ4v) is 4.64. The predicted molar refractivity (Wildman–Crippen MR) is 112 cm³/mol. The van der Waals surface area contributed by atoms with Gasteiger partial charge in [0.2, 0.25) is 0 Å². The monoisotopic (exact) mass is 395 g/mol. The second-order valence-corrected chi connectivity index (χ2v) is 8.07. The Balaban J connectivity index is 1.59. The Bertz CT molecular complexity index is 868. The first-order valence-corrected chi connectivity index (χ1v) is 10.7. The van der Waals surface area contributed by atoms with Crippen LogP contribution >= 0.6 is 11.3 Å². The van der Waals surface area contributed by atoms with Gasteiger partial charge in [-0.2, -0.15) is 0 Å². The van der Waals surface area contributed by atoms with E-state index < -0.39 is 0 Å². The van der Waals surface area contributed by atoms with Crippen molar-refractivity contribution in [2.24, 2.45) is 0 Å². The molecule has 3 heterocycles. The number of thiophene rings is 1. The van der Waals surface area contributed by atoms with Gasteiger partial charge in [-0.3, -0.25) is 14.5 Å². The zero-order valence-electron chi connectivity index (χ0n) is 16.1. The number of likely N-dealkylation sites (N-methyl/N-ethyl adjacent to an activating group) is 1. The molecule has 0 aliphatic carbocycles. The highest BCUT2D eigenvalue weighted by atomic mass is 32.1. The van der Waals surface area contributed by atoms with Crippen LogP contribution in [0.4, 0.5) is 0 Å². The summed E-state index contributed by atoms with van der Waals surface area (Å²) in [4.78, 5) is 33.3. The van der Waals surface area contributed by atoms with Gasteiger partial charge in [0.15, 0.2) is 0 Å². The molecule has 5 nitrogen and oxygen atoms in total. The SMILES string of the molecule is CCN1CCN(C2=C(c3cccs3)C(=O)N(CCc3ccccc3)C2=O)CC1. The van der Waals surface area contributed by atoms with Gasteiger partial charge in [-0.05, 0) is 30.0 Å². The molecule has 0 radical (unpaired) electrons. The highest BCUT2D eigenvalue weighted by Gasteiger charge is 2.42. The molecule has 2 aromatic rings. The van der Waals surface area contributed by atoms with Crippen molar-refractivity contribution in [3.05, 3.63) is 64.0 Å². The van der Waals surface area contributed by atoms with E-state index in [1.165, 1.54) is 16.2 Å². The van der Waals surface area contributed by atoms with Gasteiger partial charge in [0, 0.05) is 37.6 Å². The third-order valence-electron chi connectivity index (χ3n) is 5.51. The first-order valence-electron chi connectivity index (χ1n) is 9.84. The molecule has 0 spiro atoms. The number of rotatable bonds is 6. The molecule has 0 bridgehead atoms. The number of carbonyl (C=O) groups is 2. The summed E-state index contributed by atoms with van der Waals surface area (Å²) in [6.07, 6.45) is 0.674. The van der Waals surface area contributed by atoms with E-state index in [4.69, 9.17) is 0 Å². The number of carbonyl (C=O) groups excluding carboxylic acids is 2. The van der Waals surface area contributed by atoms with Crippen LogP contribution in [-0.2, 0) is 16.0 Å². The predicted octanol–water partition coefficient (Wildman–Crippen LogP) is 2.71. The van der Waals surface area contributed by atoms with E-state index in [1.54, 1.807) is 0 Å². The first kappa shape index (κ1) is 18.9. The second-order valence-electron chi connectivity index (χ2n) is 7.12. The molecule has 2 aliphatic heterocycles. The standard InChI is InChI=1S/C22H25N3O2S/c1-2-23-12-14-24(15-13-23)20-19(18-9-6-16-28-18)21(26)25(22(20)27)11-10-17-7-4-3-5-8-17/h3-9,16H,2,10-15H2,1H3. The summed E-state index contributed by atoms with van der Waals surface area (Å²) in [5.74, 6) is -0.300. The van der Waals surface area contributed by atoms with Crippen LogP contribution in [0.1, 0.15) is 17.4 Å². The highest BCUT2D eigenvalue weighted by molar-refractivity contribution is 7.11. The lowest BCUT2D eigenvalue weighted by atomic mass is 10.1. The maximum absolute atomic E-state index is 13.3. The third-order valence-corrected chi connectivity index (χ3v) is 6.40. The minimum absolute atomic E-state index is 0.144. The Morgan fingerprint density at radius 2 is 1.68 bits per heavy atom. The summed E-state index contributed by atoms with van der Waals surface area (Å²) < 4.78 is 0. The molecular formula is C22H25N3O2S. The van der Waals surface area contributed by atoms with Crippen molar-refractivity contribution in [3.8, 4) is 0 Å². The Kier molecular flexibility index (Phi) is 5.59. The summed E-state index contributed by atoms with van der Waals surface area (Å²) in [5, 5.41) is 1.96. The van der Waals surface area contributed by atoms with E-state index >= 15 is 0 Å². The average molecular weight is 396 g/mol. The summed E-state index contributed by atoms with van der Waals surface area (Å²) in [5.41, 5.74) is 2.31. The number of imide groups is 1. The molecule has 0 atom stereocenters. The molecule has 6 heteroatoms. The lowest BCUT2D eigenvalue weighted by molar-refractivity contribution is -0.137. The summed E-state index contributed by atoms with van der Waals surface area (Å²) in [6.45, 7) is 6.98. The quantitative estimate of drug-likeness (QED) is 0.706. The van der Waals surface area contributed by atoms with Crippen LogP contribution in [-0.4, -0.2) is 65.8 Å². The lowest BCUT2D eigenvalue weighted by Crippen LogP contribution is -2.47. The Hall–Kier alpha value is -2.44. The number of amides is 2.